The van der Waals surface area contributed by atoms with Gasteiger partial charge in [0.1, 0.15) is 0 Å². The van der Waals surface area contributed by atoms with Gasteiger partial charge in [0.05, 0.1) is 37.9 Å². The van der Waals surface area contributed by atoms with Gasteiger partial charge in [0, 0.05) is 26.9 Å². The molecule has 41 heavy (non-hydrogen) atoms. The first-order chi connectivity index (χ1) is 20.3. The number of hydrogen-bond acceptors (Lipinski definition) is 0. The molecular formula is C38H23BrN2. The molecule has 0 saturated heterocycles. The van der Waals surface area contributed by atoms with Crippen molar-refractivity contribution in [3.8, 4) is 11.4 Å². The fraction of sp³-hybridized carbons (Fsp3) is 0. The van der Waals surface area contributed by atoms with E-state index in [0.29, 0.717) is 0 Å². The predicted molar refractivity (Wildman–Crippen MR) is 178 cm³/mol. The van der Waals surface area contributed by atoms with Crippen molar-refractivity contribution in [1.29, 1.82) is 0 Å². The van der Waals surface area contributed by atoms with Crippen LogP contribution in [0.4, 0.5) is 0 Å². The van der Waals surface area contributed by atoms with Gasteiger partial charge in [0.2, 0.25) is 0 Å². The minimum absolute atomic E-state index is 1.06. The van der Waals surface area contributed by atoms with Crippen LogP contribution in [0, 0.1) is 0 Å². The second kappa shape index (κ2) is 8.57. The largest absolute Gasteiger partial charge is 0.308 e. The summed E-state index contributed by atoms with van der Waals surface area (Å²) < 4.78 is 5.91. The number of nitrogens with zero attached hydrogens (tertiary/aromatic N) is 2. The van der Waals surface area contributed by atoms with Crippen LogP contribution >= 0.6 is 15.9 Å². The van der Waals surface area contributed by atoms with E-state index in [1.807, 2.05) is 0 Å². The molecule has 9 aromatic rings. The Morgan fingerprint density at radius 3 is 1.68 bits per heavy atom. The molecule has 192 valence electrons. The number of benzene rings is 7. The molecule has 2 aromatic heterocycles. The quantitative estimate of drug-likeness (QED) is 0.190. The summed E-state index contributed by atoms with van der Waals surface area (Å²) >= 11 is 4.14. The smallest absolute Gasteiger partial charge is 0.0656 e. The van der Waals surface area contributed by atoms with E-state index in [-0.39, 0.29) is 0 Å². The SMILES string of the molecule is Brc1c(-n2c3ccccc3c3cc4ccccc4cc32)cccc1-n1c2ccccc2c2ccc3ccccc3c21. The summed E-state index contributed by atoms with van der Waals surface area (Å²) in [6.45, 7) is 0. The second-order valence-electron chi connectivity index (χ2n) is 10.7. The molecule has 9 rings (SSSR count). The molecule has 0 amide bonds. The van der Waals surface area contributed by atoms with E-state index in [2.05, 4.69) is 165 Å². The molecule has 3 heteroatoms. The summed E-state index contributed by atoms with van der Waals surface area (Å²) in [5.74, 6) is 0. The third-order valence-electron chi connectivity index (χ3n) is 8.54. The average Bonchev–Trinajstić information content (AvgIpc) is 3.53. The minimum atomic E-state index is 1.06. The lowest BCUT2D eigenvalue weighted by Crippen LogP contribution is -2.01. The molecule has 0 bridgehead atoms. The molecule has 0 aliphatic carbocycles. The van der Waals surface area contributed by atoms with Gasteiger partial charge < -0.3 is 9.13 Å². The van der Waals surface area contributed by atoms with Gasteiger partial charge in [-0.05, 0) is 68.5 Å². The highest BCUT2D eigenvalue weighted by molar-refractivity contribution is 9.10. The maximum absolute atomic E-state index is 4.14. The molecule has 0 radical (unpaired) electrons. The van der Waals surface area contributed by atoms with Gasteiger partial charge >= 0.3 is 0 Å². The van der Waals surface area contributed by atoms with E-state index in [1.165, 1.54) is 65.2 Å². The van der Waals surface area contributed by atoms with Crippen LogP contribution in [-0.2, 0) is 0 Å². The van der Waals surface area contributed by atoms with Crippen molar-refractivity contribution >= 4 is 81.1 Å². The van der Waals surface area contributed by atoms with Gasteiger partial charge in [-0.2, -0.15) is 0 Å². The van der Waals surface area contributed by atoms with Gasteiger partial charge in [0.25, 0.3) is 0 Å². The van der Waals surface area contributed by atoms with E-state index in [9.17, 15) is 0 Å². The Bertz CT molecular complexity index is 2500. The lowest BCUT2D eigenvalue weighted by atomic mass is 10.1. The number of aromatic nitrogens is 2. The normalized spacial score (nSPS) is 12.0. The molecule has 0 N–H and O–H groups in total. The van der Waals surface area contributed by atoms with Crippen molar-refractivity contribution in [2.45, 2.75) is 0 Å². The molecule has 0 spiro atoms. The summed E-state index contributed by atoms with van der Waals surface area (Å²) in [6.07, 6.45) is 0. The molecule has 0 atom stereocenters. The maximum Gasteiger partial charge on any atom is 0.0656 e. The van der Waals surface area contributed by atoms with E-state index >= 15 is 0 Å². The highest BCUT2D eigenvalue weighted by Gasteiger charge is 2.20. The molecule has 2 heterocycles. The molecule has 0 fully saturated rings. The summed E-state index contributed by atoms with van der Waals surface area (Å²) in [7, 11) is 0. The summed E-state index contributed by atoms with van der Waals surface area (Å²) in [4.78, 5) is 0. The number of rotatable bonds is 2. The van der Waals surface area contributed by atoms with Gasteiger partial charge in [-0.1, -0.05) is 103 Å². The highest BCUT2D eigenvalue weighted by Crippen LogP contribution is 2.42. The number of hydrogen-bond donors (Lipinski definition) is 0. The Morgan fingerprint density at radius 2 is 0.927 bits per heavy atom. The van der Waals surface area contributed by atoms with Gasteiger partial charge in [-0.25, -0.2) is 0 Å². The zero-order chi connectivity index (χ0) is 27.1. The standard InChI is InChI=1S/C38H23BrN2/c39-37-34(40-32-16-7-6-15-29(32)31-22-25-11-1-2-12-26(25)23-36(31)40)18-9-19-35(37)41-33-17-8-5-14-28(33)30-21-20-24-10-3-4-13-27(24)38(30)41/h1-23H. The summed E-state index contributed by atoms with van der Waals surface area (Å²) in [5, 5.41) is 10.0. The predicted octanol–water partition coefficient (Wildman–Crippen LogP) is 10.9. The van der Waals surface area contributed by atoms with Gasteiger partial charge in [-0.3, -0.25) is 0 Å². The Morgan fingerprint density at radius 1 is 0.366 bits per heavy atom. The molecule has 0 aliphatic rings. The van der Waals surface area contributed by atoms with Crippen molar-refractivity contribution in [3.05, 3.63) is 144 Å². The van der Waals surface area contributed by atoms with Crippen LogP contribution < -0.4 is 0 Å². The monoisotopic (exact) mass is 586 g/mol. The van der Waals surface area contributed by atoms with E-state index in [1.54, 1.807) is 0 Å². The molecular weight excluding hydrogens is 564 g/mol. The van der Waals surface area contributed by atoms with Crippen molar-refractivity contribution in [2.24, 2.45) is 0 Å². The number of para-hydroxylation sites is 2. The van der Waals surface area contributed by atoms with Crippen LogP contribution in [-0.4, -0.2) is 9.13 Å². The third-order valence-corrected chi connectivity index (χ3v) is 9.35. The van der Waals surface area contributed by atoms with E-state index in [4.69, 9.17) is 0 Å². The van der Waals surface area contributed by atoms with E-state index in [0.717, 1.165) is 15.8 Å². The van der Waals surface area contributed by atoms with Crippen LogP contribution in [0.25, 0.3) is 76.5 Å². The highest BCUT2D eigenvalue weighted by atomic mass is 79.9. The van der Waals surface area contributed by atoms with Crippen LogP contribution in [0.1, 0.15) is 0 Å². The van der Waals surface area contributed by atoms with Gasteiger partial charge in [0.15, 0.2) is 0 Å². The number of halogens is 1. The topological polar surface area (TPSA) is 9.86 Å². The zero-order valence-electron chi connectivity index (χ0n) is 22.1. The zero-order valence-corrected chi connectivity index (χ0v) is 23.6. The first kappa shape index (κ1) is 22.9. The first-order valence-electron chi connectivity index (χ1n) is 13.9. The molecule has 0 aliphatic heterocycles. The fourth-order valence-corrected chi connectivity index (χ4v) is 7.37. The van der Waals surface area contributed by atoms with Crippen molar-refractivity contribution < 1.29 is 0 Å². The Labute approximate surface area is 244 Å². The molecule has 7 aromatic carbocycles. The molecule has 0 saturated carbocycles. The van der Waals surface area contributed by atoms with Gasteiger partial charge in [-0.15, -0.1) is 0 Å². The van der Waals surface area contributed by atoms with Crippen LogP contribution in [0.15, 0.2) is 144 Å². The average molecular weight is 588 g/mol. The fourth-order valence-electron chi connectivity index (χ4n) is 6.75. The summed E-state index contributed by atoms with van der Waals surface area (Å²) in [5.41, 5.74) is 7.07. The first-order valence-corrected chi connectivity index (χ1v) is 14.7. The van der Waals surface area contributed by atoms with Crippen LogP contribution in [0.5, 0.6) is 0 Å². The Balaban J connectivity index is 1.42. The molecule has 0 unspecified atom stereocenters. The summed E-state index contributed by atoms with van der Waals surface area (Å²) in [6, 6.07) is 50.6. The molecule has 2 nitrogen and oxygen atoms in total. The third kappa shape index (κ3) is 3.18. The van der Waals surface area contributed by atoms with Crippen molar-refractivity contribution in [3.63, 3.8) is 0 Å². The number of fused-ring (bicyclic) bond motifs is 9. The maximum atomic E-state index is 4.14. The van der Waals surface area contributed by atoms with Crippen molar-refractivity contribution in [2.75, 3.05) is 0 Å². The van der Waals surface area contributed by atoms with E-state index < -0.39 is 0 Å². The lowest BCUT2D eigenvalue weighted by Gasteiger charge is -2.17. The van der Waals surface area contributed by atoms with Crippen LogP contribution in [0.2, 0.25) is 0 Å². The van der Waals surface area contributed by atoms with Crippen molar-refractivity contribution in [1.82, 2.24) is 9.13 Å². The Hall–Kier alpha value is -4.86. The second-order valence-corrected chi connectivity index (χ2v) is 11.5. The lowest BCUT2D eigenvalue weighted by molar-refractivity contribution is 1.12. The Kier molecular flexibility index (Phi) is 4.79. The van der Waals surface area contributed by atoms with Crippen LogP contribution in [0.3, 0.4) is 0 Å². The minimum Gasteiger partial charge on any atom is -0.308 e.